The van der Waals surface area contributed by atoms with E-state index in [1.54, 1.807) is 0 Å². The van der Waals surface area contributed by atoms with Gasteiger partial charge in [-0.1, -0.05) is 18.5 Å². The number of pyridine rings is 1. The topological polar surface area (TPSA) is 62.2 Å². The fourth-order valence-electron chi connectivity index (χ4n) is 2.26. The molecule has 1 saturated carbocycles. The van der Waals surface area contributed by atoms with Crippen LogP contribution in [0.15, 0.2) is 12.3 Å². The van der Waals surface area contributed by atoms with Gasteiger partial charge < -0.3 is 10.4 Å². The third-order valence-corrected chi connectivity index (χ3v) is 3.73. The highest BCUT2D eigenvalue weighted by Gasteiger charge is 2.19. The Hall–Kier alpha value is -1.29. The molecular formula is C13H17ClN2O2. The van der Waals surface area contributed by atoms with Crippen LogP contribution in [0.3, 0.4) is 0 Å². The van der Waals surface area contributed by atoms with E-state index < -0.39 is 5.97 Å². The van der Waals surface area contributed by atoms with Gasteiger partial charge in [-0.3, -0.25) is 0 Å². The molecule has 4 nitrogen and oxygen atoms in total. The minimum atomic E-state index is -1.01. The molecule has 0 spiro atoms. The number of aromatic nitrogens is 1. The van der Waals surface area contributed by atoms with Crippen molar-refractivity contribution in [3.8, 4) is 0 Å². The molecule has 98 valence electrons. The number of hydrogen-bond acceptors (Lipinski definition) is 3. The van der Waals surface area contributed by atoms with E-state index in [1.807, 2.05) is 0 Å². The number of carbonyl (C=O) groups is 1. The number of carboxylic acid groups (broad SMARTS) is 1. The van der Waals surface area contributed by atoms with Crippen molar-refractivity contribution in [2.24, 2.45) is 5.92 Å². The number of anilines is 1. The van der Waals surface area contributed by atoms with Crippen molar-refractivity contribution in [1.82, 2.24) is 4.98 Å². The fourth-order valence-corrected chi connectivity index (χ4v) is 2.48. The van der Waals surface area contributed by atoms with Crippen LogP contribution in [0, 0.1) is 5.92 Å². The Morgan fingerprint density at radius 2 is 2.11 bits per heavy atom. The first-order valence-electron chi connectivity index (χ1n) is 6.21. The summed E-state index contributed by atoms with van der Waals surface area (Å²) >= 11 is 6.03. The van der Waals surface area contributed by atoms with Crippen molar-refractivity contribution < 1.29 is 9.90 Å². The molecule has 0 aliphatic heterocycles. The second-order valence-electron chi connectivity index (χ2n) is 4.96. The lowest BCUT2D eigenvalue weighted by Gasteiger charge is -2.27. The SMILES string of the molecule is CC1CCC(Nc2ncc(C(=O)O)cc2Cl)CC1. The van der Waals surface area contributed by atoms with Crippen LogP contribution >= 0.6 is 11.6 Å². The molecule has 0 amide bonds. The van der Waals surface area contributed by atoms with Gasteiger partial charge in [0.25, 0.3) is 0 Å². The Labute approximate surface area is 111 Å². The van der Waals surface area contributed by atoms with E-state index in [2.05, 4.69) is 17.2 Å². The summed E-state index contributed by atoms with van der Waals surface area (Å²) in [6.45, 7) is 2.27. The first-order chi connectivity index (χ1) is 8.56. The van der Waals surface area contributed by atoms with Gasteiger partial charge in [0.05, 0.1) is 10.6 Å². The zero-order valence-corrected chi connectivity index (χ0v) is 11.1. The molecular weight excluding hydrogens is 252 g/mol. The third-order valence-electron chi connectivity index (χ3n) is 3.44. The minimum absolute atomic E-state index is 0.114. The molecule has 2 rings (SSSR count). The van der Waals surface area contributed by atoms with Gasteiger partial charge in [-0.25, -0.2) is 9.78 Å². The Morgan fingerprint density at radius 1 is 1.44 bits per heavy atom. The molecule has 0 bridgehead atoms. The molecule has 1 aromatic rings. The van der Waals surface area contributed by atoms with Gasteiger partial charge in [0, 0.05) is 12.2 Å². The summed E-state index contributed by atoms with van der Waals surface area (Å²) < 4.78 is 0. The second-order valence-corrected chi connectivity index (χ2v) is 5.37. The largest absolute Gasteiger partial charge is 0.478 e. The summed E-state index contributed by atoms with van der Waals surface area (Å²) in [4.78, 5) is 14.9. The molecule has 2 N–H and O–H groups in total. The Morgan fingerprint density at radius 3 is 2.67 bits per heavy atom. The summed E-state index contributed by atoms with van der Waals surface area (Å²) in [7, 11) is 0. The van der Waals surface area contributed by atoms with Crippen LogP contribution in [0.25, 0.3) is 0 Å². The van der Waals surface area contributed by atoms with E-state index in [0.717, 1.165) is 18.8 Å². The van der Waals surface area contributed by atoms with Crippen molar-refractivity contribution >= 4 is 23.4 Å². The molecule has 0 radical (unpaired) electrons. The van der Waals surface area contributed by atoms with Crippen molar-refractivity contribution in [3.63, 3.8) is 0 Å². The molecule has 0 atom stereocenters. The number of halogens is 1. The first-order valence-corrected chi connectivity index (χ1v) is 6.59. The van der Waals surface area contributed by atoms with Crippen LogP contribution in [-0.2, 0) is 0 Å². The van der Waals surface area contributed by atoms with Crippen LogP contribution < -0.4 is 5.32 Å². The molecule has 1 aliphatic rings. The highest BCUT2D eigenvalue weighted by molar-refractivity contribution is 6.33. The average molecular weight is 269 g/mol. The lowest BCUT2D eigenvalue weighted by molar-refractivity contribution is 0.0696. The second kappa shape index (κ2) is 5.57. The Balaban J connectivity index is 2.03. The molecule has 0 unspecified atom stereocenters. The number of carboxylic acids is 1. The van der Waals surface area contributed by atoms with E-state index in [-0.39, 0.29) is 5.56 Å². The summed E-state index contributed by atoms with van der Waals surface area (Å²) in [5, 5.41) is 12.5. The van der Waals surface area contributed by atoms with Crippen molar-refractivity contribution in [3.05, 3.63) is 22.8 Å². The lowest BCUT2D eigenvalue weighted by atomic mass is 9.87. The monoisotopic (exact) mass is 268 g/mol. The molecule has 1 heterocycles. The molecule has 18 heavy (non-hydrogen) atoms. The van der Waals surface area contributed by atoms with E-state index >= 15 is 0 Å². The van der Waals surface area contributed by atoms with Gasteiger partial charge in [-0.05, 0) is 37.7 Å². The van der Waals surface area contributed by atoms with Gasteiger partial charge in [0.2, 0.25) is 0 Å². The first kappa shape index (κ1) is 13.1. The third kappa shape index (κ3) is 3.13. The van der Waals surface area contributed by atoms with Crippen molar-refractivity contribution in [2.75, 3.05) is 5.32 Å². The Bertz CT molecular complexity index is 443. The summed E-state index contributed by atoms with van der Waals surface area (Å²) in [5.41, 5.74) is 0.114. The lowest BCUT2D eigenvalue weighted by Crippen LogP contribution is -2.25. The average Bonchev–Trinajstić information content (AvgIpc) is 2.34. The number of rotatable bonds is 3. The molecule has 1 aliphatic carbocycles. The molecule has 1 fully saturated rings. The van der Waals surface area contributed by atoms with E-state index in [4.69, 9.17) is 16.7 Å². The van der Waals surface area contributed by atoms with Gasteiger partial charge in [-0.2, -0.15) is 0 Å². The van der Waals surface area contributed by atoms with Crippen LogP contribution in [-0.4, -0.2) is 22.1 Å². The number of nitrogens with zero attached hydrogens (tertiary/aromatic N) is 1. The van der Waals surface area contributed by atoms with Crippen molar-refractivity contribution in [2.45, 2.75) is 38.6 Å². The zero-order chi connectivity index (χ0) is 13.1. The molecule has 0 aromatic carbocycles. The quantitative estimate of drug-likeness (QED) is 0.882. The zero-order valence-electron chi connectivity index (χ0n) is 10.3. The fraction of sp³-hybridized carbons (Fsp3) is 0.538. The predicted octanol–water partition coefficient (Wildman–Crippen LogP) is 3.42. The standard InChI is InChI=1S/C13H17ClN2O2/c1-8-2-4-10(5-3-8)16-12-11(14)6-9(7-15-12)13(17)18/h6-8,10H,2-5H2,1H3,(H,15,16)(H,17,18). The smallest absolute Gasteiger partial charge is 0.337 e. The maximum absolute atomic E-state index is 10.8. The number of nitrogens with one attached hydrogen (secondary N) is 1. The highest BCUT2D eigenvalue weighted by Crippen LogP contribution is 2.28. The number of hydrogen-bond donors (Lipinski definition) is 2. The van der Waals surface area contributed by atoms with E-state index in [0.29, 0.717) is 16.9 Å². The van der Waals surface area contributed by atoms with Crippen LogP contribution in [0.2, 0.25) is 5.02 Å². The van der Waals surface area contributed by atoms with Crippen LogP contribution in [0.4, 0.5) is 5.82 Å². The van der Waals surface area contributed by atoms with Gasteiger partial charge in [0.15, 0.2) is 0 Å². The molecule has 5 heteroatoms. The maximum Gasteiger partial charge on any atom is 0.337 e. The van der Waals surface area contributed by atoms with Gasteiger partial charge >= 0.3 is 5.97 Å². The van der Waals surface area contributed by atoms with Gasteiger partial charge in [-0.15, -0.1) is 0 Å². The van der Waals surface area contributed by atoms with Gasteiger partial charge in [0.1, 0.15) is 5.82 Å². The summed E-state index contributed by atoms with van der Waals surface area (Å²) in [6.07, 6.45) is 5.98. The minimum Gasteiger partial charge on any atom is -0.478 e. The van der Waals surface area contributed by atoms with E-state index in [1.165, 1.54) is 25.1 Å². The molecule has 1 aromatic heterocycles. The van der Waals surface area contributed by atoms with E-state index in [9.17, 15) is 4.79 Å². The highest BCUT2D eigenvalue weighted by atomic mass is 35.5. The van der Waals surface area contributed by atoms with Crippen molar-refractivity contribution in [1.29, 1.82) is 0 Å². The predicted molar refractivity (Wildman–Crippen MR) is 71.2 cm³/mol. The summed E-state index contributed by atoms with van der Waals surface area (Å²) in [5.74, 6) is 0.365. The molecule has 0 saturated heterocycles. The van der Waals surface area contributed by atoms with Crippen LogP contribution in [0.1, 0.15) is 43.0 Å². The Kier molecular flexibility index (Phi) is 4.07. The number of aromatic carboxylic acids is 1. The van der Waals surface area contributed by atoms with Crippen LogP contribution in [0.5, 0.6) is 0 Å². The summed E-state index contributed by atoms with van der Waals surface area (Å²) in [6, 6.07) is 1.83. The normalized spacial score (nSPS) is 23.7. The maximum atomic E-state index is 10.8.